The topological polar surface area (TPSA) is 0 Å². The number of rotatable bonds is 5. The van der Waals surface area contributed by atoms with Gasteiger partial charge in [-0.15, -0.1) is 13.2 Å². The molecule has 0 heterocycles. The smallest absolute Gasteiger partial charge is 0.0254 e. The molecule has 0 saturated carbocycles. The van der Waals surface area contributed by atoms with Crippen LogP contribution in [0.2, 0.25) is 0 Å². The molecular weight excluding hydrogens is 312 g/mol. The van der Waals surface area contributed by atoms with Gasteiger partial charge < -0.3 is 0 Å². The highest BCUT2D eigenvalue weighted by Crippen LogP contribution is 2.27. The first-order valence-corrected chi connectivity index (χ1v) is 9.05. The molecule has 0 N–H and O–H groups in total. The number of hydrogen-bond donors (Lipinski definition) is 0. The standard InChI is InChI=1S/C26H28/c1-7-9-24(12-11-23-15-19(3)13-20(4)16-23)26(10-8-2)25-17-21(5)14-22(6)18-25/h7-8,13-18H,1-2,9-10H2,3-6H3. The molecule has 26 heavy (non-hydrogen) atoms. The lowest BCUT2D eigenvalue weighted by molar-refractivity contribution is 1.25. The monoisotopic (exact) mass is 340 g/mol. The minimum absolute atomic E-state index is 0.758. The zero-order chi connectivity index (χ0) is 19.1. The predicted octanol–water partition coefficient (Wildman–Crippen LogP) is 6.88. The Bertz CT molecular complexity index is 870. The van der Waals surface area contributed by atoms with Crippen molar-refractivity contribution in [2.45, 2.75) is 40.5 Å². The van der Waals surface area contributed by atoms with Crippen molar-refractivity contribution in [2.24, 2.45) is 0 Å². The average Bonchev–Trinajstić information content (AvgIpc) is 2.55. The van der Waals surface area contributed by atoms with Crippen molar-refractivity contribution in [3.8, 4) is 11.8 Å². The molecule has 0 nitrogen and oxygen atoms in total. The van der Waals surface area contributed by atoms with Crippen LogP contribution in [0.15, 0.2) is 67.3 Å². The second-order valence-electron chi connectivity index (χ2n) is 6.95. The third-order valence-corrected chi connectivity index (χ3v) is 4.21. The molecule has 0 radical (unpaired) electrons. The molecule has 0 aliphatic heterocycles. The minimum Gasteiger partial charge on any atom is -0.103 e. The van der Waals surface area contributed by atoms with Gasteiger partial charge in [-0.05, 0) is 74.9 Å². The van der Waals surface area contributed by atoms with Crippen LogP contribution in [0, 0.1) is 39.5 Å². The van der Waals surface area contributed by atoms with Gasteiger partial charge in [0, 0.05) is 11.1 Å². The van der Waals surface area contributed by atoms with Gasteiger partial charge >= 0.3 is 0 Å². The normalized spacial score (nSPS) is 11.2. The van der Waals surface area contributed by atoms with E-state index in [4.69, 9.17) is 0 Å². The Labute approximate surface area is 159 Å². The molecule has 0 aliphatic rings. The lowest BCUT2D eigenvalue weighted by atomic mass is 9.92. The minimum atomic E-state index is 0.758. The molecule has 0 unspecified atom stereocenters. The fourth-order valence-electron chi connectivity index (χ4n) is 3.30. The van der Waals surface area contributed by atoms with Crippen LogP contribution in [-0.2, 0) is 0 Å². The van der Waals surface area contributed by atoms with E-state index in [0.29, 0.717) is 0 Å². The molecule has 0 bridgehead atoms. The number of hydrogen-bond acceptors (Lipinski definition) is 0. The van der Waals surface area contributed by atoms with Gasteiger partial charge in [0.05, 0.1) is 0 Å². The van der Waals surface area contributed by atoms with Gasteiger partial charge in [0.15, 0.2) is 0 Å². The molecule has 2 aromatic carbocycles. The molecule has 0 aromatic heterocycles. The predicted molar refractivity (Wildman–Crippen MR) is 115 cm³/mol. The summed E-state index contributed by atoms with van der Waals surface area (Å²) in [5, 5.41) is 0. The molecule has 0 spiro atoms. The second-order valence-corrected chi connectivity index (χ2v) is 6.95. The quantitative estimate of drug-likeness (QED) is 0.411. The fraction of sp³-hybridized carbons (Fsp3) is 0.231. The molecule has 0 amide bonds. The Morgan fingerprint density at radius 1 is 0.769 bits per heavy atom. The Morgan fingerprint density at radius 3 is 1.77 bits per heavy atom. The summed E-state index contributed by atoms with van der Waals surface area (Å²) in [7, 11) is 0. The highest BCUT2D eigenvalue weighted by molar-refractivity contribution is 5.74. The van der Waals surface area contributed by atoms with E-state index in [1.54, 1.807) is 0 Å². The summed E-state index contributed by atoms with van der Waals surface area (Å²) in [5.74, 6) is 6.78. The lowest BCUT2D eigenvalue weighted by Gasteiger charge is -2.12. The molecule has 0 saturated heterocycles. The van der Waals surface area contributed by atoms with Crippen LogP contribution in [-0.4, -0.2) is 0 Å². The summed E-state index contributed by atoms with van der Waals surface area (Å²) in [5.41, 5.74) is 9.65. The van der Waals surface area contributed by atoms with Crippen molar-refractivity contribution >= 4 is 5.57 Å². The van der Waals surface area contributed by atoms with Crippen molar-refractivity contribution < 1.29 is 0 Å². The van der Waals surface area contributed by atoms with E-state index in [2.05, 4.69) is 89.1 Å². The van der Waals surface area contributed by atoms with E-state index in [-0.39, 0.29) is 0 Å². The van der Waals surface area contributed by atoms with Gasteiger partial charge in [0.25, 0.3) is 0 Å². The SMILES string of the molecule is C=CCC(C#Cc1cc(C)cc(C)c1)=C(CC=C)c1cc(C)cc(C)c1. The molecule has 2 aromatic rings. The van der Waals surface area contributed by atoms with Crippen LogP contribution in [0.3, 0.4) is 0 Å². The first-order chi connectivity index (χ1) is 12.4. The summed E-state index contributed by atoms with van der Waals surface area (Å²) in [4.78, 5) is 0. The molecule has 132 valence electrons. The van der Waals surface area contributed by atoms with E-state index in [0.717, 1.165) is 24.0 Å². The average molecular weight is 341 g/mol. The Morgan fingerprint density at radius 2 is 1.27 bits per heavy atom. The van der Waals surface area contributed by atoms with Gasteiger partial charge in [-0.1, -0.05) is 59.4 Å². The van der Waals surface area contributed by atoms with E-state index in [9.17, 15) is 0 Å². The van der Waals surface area contributed by atoms with Gasteiger partial charge in [-0.3, -0.25) is 0 Å². The number of aryl methyl sites for hydroxylation is 4. The molecular formula is C26H28. The zero-order valence-corrected chi connectivity index (χ0v) is 16.4. The van der Waals surface area contributed by atoms with Crippen LogP contribution in [0.1, 0.15) is 46.2 Å². The van der Waals surface area contributed by atoms with Crippen molar-refractivity contribution in [3.05, 3.63) is 101 Å². The van der Waals surface area contributed by atoms with E-state index >= 15 is 0 Å². The van der Waals surface area contributed by atoms with E-state index in [1.807, 2.05) is 12.2 Å². The summed E-state index contributed by atoms with van der Waals surface area (Å²) in [6, 6.07) is 13.1. The van der Waals surface area contributed by atoms with Crippen molar-refractivity contribution in [1.29, 1.82) is 0 Å². The van der Waals surface area contributed by atoms with Gasteiger partial charge in [0.2, 0.25) is 0 Å². The maximum Gasteiger partial charge on any atom is 0.0254 e. The zero-order valence-electron chi connectivity index (χ0n) is 16.4. The third-order valence-electron chi connectivity index (χ3n) is 4.21. The molecule has 0 atom stereocenters. The van der Waals surface area contributed by atoms with Crippen LogP contribution < -0.4 is 0 Å². The van der Waals surface area contributed by atoms with Crippen molar-refractivity contribution in [3.63, 3.8) is 0 Å². The summed E-state index contributed by atoms with van der Waals surface area (Å²) in [6.07, 6.45) is 5.44. The maximum absolute atomic E-state index is 3.95. The maximum atomic E-state index is 3.95. The van der Waals surface area contributed by atoms with Crippen LogP contribution in [0.5, 0.6) is 0 Å². The Kier molecular flexibility index (Phi) is 6.81. The Hall–Kier alpha value is -2.78. The van der Waals surface area contributed by atoms with E-state index < -0.39 is 0 Å². The first kappa shape index (κ1) is 19.5. The van der Waals surface area contributed by atoms with Crippen molar-refractivity contribution in [2.75, 3.05) is 0 Å². The van der Waals surface area contributed by atoms with Crippen molar-refractivity contribution in [1.82, 2.24) is 0 Å². The Balaban J connectivity index is 2.60. The van der Waals surface area contributed by atoms with Crippen LogP contribution in [0.25, 0.3) is 5.57 Å². The lowest BCUT2D eigenvalue weighted by Crippen LogP contribution is -1.93. The molecule has 0 heteroatoms. The second kappa shape index (κ2) is 9.07. The highest BCUT2D eigenvalue weighted by Gasteiger charge is 2.07. The van der Waals surface area contributed by atoms with Gasteiger partial charge in [0.1, 0.15) is 0 Å². The molecule has 0 aliphatic carbocycles. The van der Waals surface area contributed by atoms with E-state index in [1.165, 1.54) is 33.4 Å². The number of allylic oxidation sites excluding steroid dienone is 4. The largest absolute Gasteiger partial charge is 0.103 e. The molecule has 2 rings (SSSR count). The summed E-state index contributed by atoms with van der Waals surface area (Å²) in [6.45, 7) is 16.4. The summed E-state index contributed by atoms with van der Waals surface area (Å²) >= 11 is 0. The third kappa shape index (κ3) is 5.36. The number of benzene rings is 2. The molecule has 0 fully saturated rings. The van der Waals surface area contributed by atoms with Crippen LogP contribution in [0.4, 0.5) is 0 Å². The van der Waals surface area contributed by atoms with Crippen LogP contribution >= 0.6 is 0 Å². The van der Waals surface area contributed by atoms with Gasteiger partial charge in [-0.25, -0.2) is 0 Å². The summed E-state index contributed by atoms with van der Waals surface area (Å²) < 4.78 is 0. The highest BCUT2D eigenvalue weighted by atomic mass is 14.1. The first-order valence-electron chi connectivity index (χ1n) is 9.05. The van der Waals surface area contributed by atoms with Gasteiger partial charge in [-0.2, -0.15) is 0 Å². The fourth-order valence-corrected chi connectivity index (χ4v) is 3.30.